The third-order valence-electron chi connectivity index (χ3n) is 2.88. The Hall–Kier alpha value is -0.800. The summed E-state index contributed by atoms with van der Waals surface area (Å²) >= 11 is 7.39. The van der Waals surface area contributed by atoms with Gasteiger partial charge in [0.2, 0.25) is 0 Å². The van der Waals surface area contributed by atoms with Gasteiger partial charge in [-0.1, -0.05) is 68.3 Å². The molecule has 0 saturated carbocycles. The van der Waals surface area contributed by atoms with Crippen LogP contribution in [0.1, 0.15) is 22.9 Å². The van der Waals surface area contributed by atoms with Crippen LogP contribution in [-0.4, -0.2) is 6.61 Å². The molecular weight excluding hydrogens is 368 g/mol. The number of halogens is 2. The lowest BCUT2D eigenvalue weighted by molar-refractivity contribution is 0.340. The van der Waals surface area contributed by atoms with Gasteiger partial charge in [0.05, 0.1) is 6.61 Å². The van der Waals surface area contributed by atoms with E-state index < -0.39 is 0 Å². The second kappa shape index (κ2) is 7.11. The van der Waals surface area contributed by atoms with Crippen LogP contribution in [0.3, 0.4) is 0 Å². The van der Waals surface area contributed by atoms with Crippen molar-refractivity contribution < 1.29 is 4.74 Å². The smallest absolute Gasteiger partial charge is 0.120 e. The van der Waals surface area contributed by atoms with E-state index in [1.54, 1.807) is 0 Å². The first-order chi connectivity index (χ1) is 9.20. The number of benzene rings is 2. The molecule has 1 nitrogen and oxygen atoms in total. The van der Waals surface area contributed by atoms with E-state index in [0.29, 0.717) is 11.4 Å². The molecular formula is C16H16Br2O. The Labute approximate surface area is 131 Å². The number of ether oxygens (including phenoxy) is 1. The molecule has 0 bridgehead atoms. The summed E-state index contributed by atoms with van der Waals surface area (Å²) in [6.07, 6.45) is 0.966. The molecule has 2 rings (SSSR count). The molecule has 2 aromatic carbocycles. The highest BCUT2D eigenvalue weighted by atomic mass is 79.9. The van der Waals surface area contributed by atoms with Crippen LogP contribution in [0.15, 0.2) is 53.0 Å². The molecule has 2 aromatic rings. The average Bonchev–Trinajstić information content (AvgIpc) is 2.40. The van der Waals surface area contributed by atoms with E-state index in [0.717, 1.165) is 16.6 Å². The number of alkyl halides is 1. The van der Waals surface area contributed by atoms with Crippen LogP contribution in [0.25, 0.3) is 0 Å². The Bertz CT molecular complexity index is 526. The molecule has 0 saturated heterocycles. The van der Waals surface area contributed by atoms with Crippen LogP contribution in [0.2, 0.25) is 0 Å². The number of hydrogen-bond donors (Lipinski definition) is 0. The predicted octanol–water partition coefficient (Wildman–Crippen LogP) is 5.53. The monoisotopic (exact) mass is 382 g/mol. The van der Waals surface area contributed by atoms with Gasteiger partial charge in [-0.2, -0.15) is 0 Å². The van der Waals surface area contributed by atoms with Crippen LogP contribution < -0.4 is 4.74 Å². The van der Waals surface area contributed by atoms with Gasteiger partial charge in [-0.05, 0) is 36.6 Å². The fourth-order valence-electron chi connectivity index (χ4n) is 1.95. The summed E-state index contributed by atoms with van der Waals surface area (Å²) in [4.78, 5) is 0.292. The summed E-state index contributed by atoms with van der Waals surface area (Å²) in [6.45, 7) is 2.68. The molecule has 0 heterocycles. The quantitative estimate of drug-likeness (QED) is 0.617. The van der Waals surface area contributed by atoms with Crippen molar-refractivity contribution in [1.82, 2.24) is 0 Å². The van der Waals surface area contributed by atoms with Crippen LogP contribution in [0.5, 0.6) is 5.75 Å². The highest BCUT2D eigenvalue weighted by Crippen LogP contribution is 2.34. The molecule has 0 aliphatic heterocycles. The van der Waals surface area contributed by atoms with Crippen molar-refractivity contribution in [1.29, 1.82) is 0 Å². The summed E-state index contributed by atoms with van der Waals surface area (Å²) in [7, 11) is 0. The Morgan fingerprint density at radius 1 is 1.11 bits per heavy atom. The molecule has 100 valence electrons. The molecule has 0 N–H and O–H groups in total. The molecule has 0 fully saturated rings. The Morgan fingerprint density at radius 3 is 2.47 bits per heavy atom. The fourth-order valence-corrected chi connectivity index (χ4v) is 3.66. The third-order valence-corrected chi connectivity index (χ3v) is 4.38. The van der Waals surface area contributed by atoms with Crippen molar-refractivity contribution in [3.63, 3.8) is 0 Å². The first-order valence-electron chi connectivity index (χ1n) is 6.31. The van der Waals surface area contributed by atoms with Crippen molar-refractivity contribution in [3.05, 3.63) is 64.1 Å². The summed E-state index contributed by atoms with van der Waals surface area (Å²) in [5.74, 6) is 0.900. The Balaban J connectivity index is 2.13. The van der Waals surface area contributed by atoms with Crippen LogP contribution in [0, 0.1) is 0 Å². The first-order valence-corrected chi connectivity index (χ1v) is 8.01. The van der Waals surface area contributed by atoms with E-state index >= 15 is 0 Å². The summed E-state index contributed by atoms with van der Waals surface area (Å²) in [6, 6.07) is 16.6. The molecule has 0 spiro atoms. The second-order valence-corrected chi connectivity index (χ2v) is 6.23. The highest BCUT2D eigenvalue weighted by Gasteiger charge is 2.12. The molecule has 0 aliphatic rings. The van der Waals surface area contributed by atoms with E-state index in [9.17, 15) is 0 Å². The Kier molecular flexibility index (Phi) is 5.46. The van der Waals surface area contributed by atoms with Crippen LogP contribution in [-0.2, 0) is 6.42 Å². The highest BCUT2D eigenvalue weighted by molar-refractivity contribution is 9.11. The SMILES string of the molecule is CCOc1ccc(C(Br)Cc2ccccc2)c(Br)c1. The predicted molar refractivity (Wildman–Crippen MR) is 87.1 cm³/mol. The number of hydrogen-bond acceptors (Lipinski definition) is 1. The van der Waals surface area contributed by atoms with Gasteiger partial charge in [0.25, 0.3) is 0 Å². The molecule has 0 aromatic heterocycles. The maximum atomic E-state index is 5.49. The molecule has 1 atom stereocenters. The van der Waals surface area contributed by atoms with Gasteiger partial charge in [0.1, 0.15) is 5.75 Å². The average molecular weight is 384 g/mol. The van der Waals surface area contributed by atoms with Gasteiger partial charge >= 0.3 is 0 Å². The fraction of sp³-hybridized carbons (Fsp3) is 0.250. The minimum atomic E-state index is 0.292. The lowest BCUT2D eigenvalue weighted by Gasteiger charge is -2.14. The van der Waals surface area contributed by atoms with Gasteiger partial charge in [0.15, 0.2) is 0 Å². The van der Waals surface area contributed by atoms with Gasteiger partial charge < -0.3 is 4.74 Å². The molecule has 3 heteroatoms. The molecule has 1 unspecified atom stereocenters. The van der Waals surface area contributed by atoms with Crippen LogP contribution in [0.4, 0.5) is 0 Å². The molecule has 19 heavy (non-hydrogen) atoms. The van der Waals surface area contributed by atoms with Crippen molar-refractivity contribution in [3.8, 4) is 5.75 Å². The van der Waals surface area contributed by atoms with E-state index in [4.69, 9.17) is 4.74 Å². The zero-order chi connectivity index (χ0) is 13.7. The second-order valence-electron chi connectivity index (χ2n) is 4.27. The largest absolute Gasteiger partial charge is 0.494 e. The lowest BCUT2D eigenvalue weighted by atomic mass is 10.0. The third kappa shape index (κ3) is 4.08. The van der Waals surface area contributed by atoms with Crippen LogP contribution >= 0.6 is 31.9 Å². The zero-order valence-electron chi connectivity index (χ0n) is 10.8. The van der Waals surface area contributed by atoms with Gasteiger partial charge in [-0.3, -0.25) is 0 Å². The first kappa shape index (κ1) is 14.6. The van der Waals surface area contributed by atoms with E-state index in [1.807, 2.05) is 25.1 Å². The maximum absolute atomic E-state index is 5.49. The van der Waals surface area contributed by atoms with Gasteiger partial charge in [0, 0.05) is 9.30 Å². The molecule has 0 aliphatic carbocycles. The minimum absolute atomic E-state index is 0.292. The van der Waals surface area contributed by atoms with E-state index in [2.05, 4.69) is 62.2 Å². The van der Waals surface area contributed by atoms with E-state index in [-0.39, 0.29) is 0 Å². The standard InChI is InChI=1S/C16H16Br2O/c1-2-19-13-8-9-14(16(18)11-13)15(17)10-12-6-4-3-5-7-12/h3-9,11,15H,2,10H2,1H3. The zero-order valence-corrected chi connectivity index (χ0v) is 13.9. The molecule has 0 radical (unpaired) electrons. The minimum Gasteiger partial charge on any atom is -0.494 e. The molecule has 0 amide bonds. The van der Waals surface area contributed by atoms with Gasteiger partial charge in [-0.15, -0.1) is 0 Å². The van der Waals surface area contributed by atoms with E-state index in [1.165, 1.54) is 11.1 Å². The van der Waals surface area contributed by atoms with Gasteiger partial charge in [-0.25, -0.2) is 0 Å². The van der Waals surface area contributed by atoms with Crippen molar-refractivity contribution >= 4 is 31.9 Å². The summed E-state index contributed by atoms with van der Waals surface area (Å²) in [5, 5.41) is 0. The lowest BCUT2D eigenvalue weighted by Crippen LogP contribution is -1.98. The van der Waals surface area contributed by atoms with Crippen molar-refractivity contribution in [2.24, 2.45) is 0 Å². The topological polar surface area (TPSA) is 9.23 Å². The van der Waals surface area contributed by atoms with Crippen molar-refractivity contribution in [2.45, 2.75) is 18.2 Å². The normalized spacial score (nSPS) is 12.2. The summed E-state index contributed by atoms with van der Waals surface area (Å²) in [5.41, 5.74) is 2.57. The van der Waals surface area contributed by atoms with Crippen molar-refractivity contribution in [2.75, 3.05) is 6.61 Å². The maximum Gasteiger partial charge on any atom is 0.120 e. The summed E-state index contributed by atoms with van der Waals surface area (Å²) < 4.78 is 6.57. The number of rotatable bonds is 5. The Morgan fingerprint density at radius 2 is 1.84 bits per heavy atom.